The molecule has 1 N–H and O–H groups in total. The van der Waals surface area contributed by atoms with E-state index in [1.54, 1.807) is 18.4 Å². The number of rotatable bonds is 7. The minimum Gasteiger partial charge on any atom is -0.383 e. The van der Waals surface area contributed by atoms with Gasteiger partial charge in [0.15, 0.2) is 0 Å². The summed E-state index contributed by atoms with van der Waals surface area (Å²) in [6.07, 6.45) is 4.25. The number of hydrogen-bond acceptors (Lipinski definition) is 4. The zero-order valence-corrected chi connectivity index (χ0v) is 9.64. The molecule has 0 amide bonds. The van der Waals surface area contributed by atoms with Crippen LogP contribution in [0.2, 0.25) is 0 Å². The maximum absolute atomic E-state index is 5.15. The van der Waals surface area contributed by atoms with Gasteiger partial charge >= 0.3 is 0 Å². The van der Waals surface area contributed by atoms with Crippen LogP contribution < -0.4 is 5.32 Å². The lowest BCUT2D eigenvalue weighted by atomic mass is 10.2. The summed E-state index contributed by atoms with van der Waals surface area (Å²) < 4.78 is 5.15. The predicted molar refractivity (Wildman–Crippen MR) is 59.5 cm³/mol. The molecule has 0 spiro atoms. The minimum absolute atomic E-state index is 0.465. The van der Waals surface area contributed by atoms with Gasteiger partial charge in [0.25, 0.3) is 0 Å². The molecular formula is C10H18N2OS. The summed E-state index contributed by atoms with van der Waals surface area (Å²) in [7, 11) is 1.75. The molecule has 0 saturated carbocycles. The van der Waals surface area contributed by atoms with Crippen LogP contribution in [0, 0.1) is 0 Å². The van der Waals surface area contributed by atoms with Gasteiger partial charge in [0.05, 0.1) is 12.1 Å². The standard InChI is InChI=1S/C10H18N2OS/c1-3-4-9(7-13-2)12-6-10-5-11-8-14-10/h5,8-9,12H,3-4,6-7H2,1-2H3. The van der Waals surface area contributed by atoms with Crippen molar-refractivity contribution in [3.63, 3.8) is 0 Å². The van der Waals surface area contributed by atoms with E-state index in [1.165, 1.54) is 11.3 Å². The van der Waals surface area contributed by atoms with Crippen LogP contribution in [0.25, 0.3) is 0 Å². The van der Waals surface area contributed by atoms with E-state index in [9.17, 15) is 0 Å². The molecule has 0 fully saturated rings. The summed E-state index contributed by atoms with van der Waals surface area (Å²) in [6.45, 7) is 3.88. The largest absolute Gasteiger partial charge is 0.383 e. The molecule has 4 heteroatoms. The number of aromatic nitrogens is 1. The van der Waals surface area contributed by atoms with Crippen molar-refractivity contribution in [1.82, 2.24) is 10.3 Å². The number of methoxy groups -OCH3 is 1. The Bertz CT molecular complexity index is 220. The van der Waals surface area contributed by atoms with Crippen LogP contribution in [0.5, 0.6) is 0 Å². The summed E-state index contributed by atoms with van der Waals surface area (Å²) >= 11 is 1.69. The van der Waals surface area contributed by atoms with Gasteiger partial charge in [-0.25, -0.2) is 0 Å². The molecular weight excluding hydrogens is 196 g/mol. The Kier molecular flexibility index (Phi) is 5.75. The summed E-state index contributed by atoms with van der Waals surface area (Å²) in [4.78, 5) is 5.32. The molecule has 14 heavy (non-hydrogen) atoms. The van der Waals surface area contributed by atoms with Crippen LogP contribution in [0.1, 0.15) is 24.6 Å². The van der Waals surface area contributed by atoms with Crippen molar-refractivity contribution in [3.8, 4) is 0 Å². The zero-order valence-electron chi connectivity index (χ0n) is 8.82. The monoisotopic (exact) mass is 214 g/mol. The van der Waals surface area contributed by atoms with E-state index < -0.39 is 0 Å². The third-order valence-electron chi connectivity index (χ3n) is 2.05. The SMILES string of the molecule is CCCC(COC)NCc1cncs1. The van der Waals surface area contributed by atoms with E-state index in [0.29, 0.717) is 6.04 Å². The van der Waals surface area contributed by atoms with Crippen LogP contribution in [0.4, 0.5) is 0 Å². The van der Waals surface area contributed by atoms with Crippen molar-refractivity contribution in [3.05, 3.63) is 16.6 Å². The van der Waals surface area contributed by atoms with Crippen molar-refractivity contribution in [2.24, 2.45) is 0 Å². The molecule has 1 unspecified atom stereocenters. The molecule has 80 valence electrons. The van der Waals surface area contributed by atoms with E-state index in [1.807, 2.05) is 11.7 Å². The Morgan fingerprint density at radius 2 is 2.50 bits per heavy atom. The number of nitrogens with zero attached hydrogens (tertiary/aromatic N) is 1. The van der Waals surface area contributed by atoms with Crippen molar-refractivity contribution in [1.29, 1.82) is 0 Å². The summed E-state index contributed by atoms with van der Waals surface area (Å²) in [5.74, 6) is 0. The van der Waals surface area contributed by atoms with Gasteiger partial charge in [-0.05, 0) is 6.42 Å². The van der Waals surface area contributed by atoms with Gasteiger partial charge in [0.2, 0.25) is 0 Å². The van der Waals surface area contributed by atoms with E-state index in [-0.39, 0.29) is 0 Å². The molecule has 0 aromatic carbocycles. The average molecular weight is 214 g/mol. The van der Waals surface area contributed by atoms with Crippen molar-refractivity contribution < 1.29 is 4.74 Å². The van der Waals surface area contributed by atoms with E-state index in [0.717, 1.165) is 19.6 Å². The minimum atomic E-state index is 0.465. The van der Waals surface area contributed by atoms with Gasteiger partial charge in [-0.1, -0.05) is 13.3 Å². The highest BCUT2D eigenvalue weighted by Crippen LogP contribution is 2.06. The first-order valence-corrected chi connectivity index (χ1v) is 5.84. The number of ether oxygens (including phenoxy) is 1. The highest BCUT2D eigenvalue weighted by Gasteiger charge is 2.06. The maximum Gasteiger partial charge on any atom is 0.0794 e. The van der Waals surface area contributed by atoms with Crippen LogP contribution in [0.15, 0.2) is 11.7 Å². The molecule has 0 aliphatic carbocycles. The number of nitrogens with one attached hydrogen (secondary N) is 1. The lowest BCUT2D eigenvalue weighted by Gasteiger charge is -2.16. The Hall–Kier alpha value is -0.450. The molecule has 0 radical (unpaired) electrons. The molecule has 3 nitrogen and oxygen atoms in total. The number of hydrogen-bond donors (Lipinski definition) is 1. The third kappa shape index (κ3) is 4.17. The van der Waals surface area contributed by atoms with Crippen LogP contribution >= 0.6 is 11.3 Å². The molecule has 1 rings (SSSR count). The van der Waals surface area contributed by atoms with Crippen LogP contribution in [-0.2, 0) is 11.3 Å². The maximum atomic E-state index is 5.15. The van der Waals surface area contributed by atoms with Crippen molar-refractivity contribution in [2.75, 3.05) is 13.7 Å². The third-order valence-corrected chi connectivity index (χ3v) is 2.83. The summed E-state index contributed by atoms with van der Waals surface area (Å²) in [5, 5.41) is 3.47. The van der Waals surface area contributed by atoms with Crippen LogP contribution in [0.3, 0.4) is 0 Å². The van der Waals surface area contributed by atoms with Crippen molar-refractivity contribution >= 4 is 11.3 Å². The molecule has 1 aromatic heterocycles. The molecule has 0 saturated heterocycles. The fourth-order valence-corrected chi connectivity index (χ4v) is 1.91. The second kappa shape index (κ2) is 6.92. The van der Waals surface area contributed by atoms with Gasteiger partial charge in [-0.3, -0.25) is 4.98 Å². The van der Waals surface area contributed by atoms with Gasteiger partial charge in [-0.15, -0.1) is 11.3 Å². The summed E-state index contributed by atoms with van der Waals surface area (Å²) in [6, 6.07) is 0.465. The first-order valence-electron chi connectivity index (χ1n) is 4.96. The van der Waals surface area contributed by atoms with Gasteiger partial charge in [0.1, 0.15) is 0 Å². The average Bonchev–Trinajstić information content (AvgIpc) is 2.67. The summed E-state index contributed by atoms with van der Waals surface area (Å²) in [5.41, 5.74) is 1.86. The normalized spacial score (nSPS) is 13.0. The second-order valence-corrected chi connectivity index (χ2v) is 4.26. The van der Waals surface area contributed by atoms with Crippen LogP contribution in [-0.4, -0.2) is 24.7 Å². The highest BCUT2D eigenvalue weighted by molar-refractivity contribution is 7.09. The molecule has 0 aliphatic rings. The molecule has 1 aromatic rings. The van der Waals surface area contributed by atoms with E-state index in [4.69, 9.17) is 4.74 Å². The topological polar surface area (TPSA) is 34.1 Å². The zero-order chi connectivity index (χ0) is 10.2. The molecule has 0 bridgehead atoms. The fraction of sp³-hybridized carbons (Fsp3) is 0.700. The lowest BCUT2D eigenvalue weighted by Crippen LogP contribution is -2.32. The molecule has 1 heterocycles. The second-order valence-electron chi connectivity index (χ2n) is 3.29. The van der Waals surface area contributed by atoms with Gasteiger partial charge < -0.3 is 10.1 Å². The van der Waals surface area contributed by atoms with Gasteiger partial charge in [0, 0.05) is 30.8 Å². The van der Waals surface area contributed by atoms with Crippen molar-refractivity contribution in [2.45, 2.75) is 32.4 Å². The smallest absolute Gasteiger partial charge is 0.0794 e. The predicted octanol–water partition coefficient (Wildman–Crippen LogP) is 2.05. The quantitative estimate of drug-likeness (QED) is 0.754. The van der Waals surface area contributed by atoms with Gasteiger partial charge in [-0.2, -0.15) is 0 Å². The van der Waals surface area contributed by atoms with E-state index in [2.05, 4.69) is 17.2 Å². The fourth-order valence-electron chi connectivity index (χ4n) is 1.37. The Labute approximate surface area is 89.5 Å². The molecule has 0 aliphatic heterocycles. The highest BCUT2D eigenvalue weighted by atomic mass is 32.1. The lowest BCUT2D eigenvalue weighted by molar-refractivity contribution is 0.161. The first kappa shape index (κ1) is 11.6. The Balaban J connectivity index is 2.25. The molecule has 1 atom stereocenters. The Morgan fingerprint density at radius 3 is 3.07 bits per heavy atom. The first-order chi connectivity index (χ1) is 6.86. The van der Waals surface area contributed by atoms with E-state index >= 15 is 0 Å². The number of thiazole rings is 1. The Morgan fingerprint density at radius 1 is 1.64 bits per heavy atom.